The van der Waals surface area contributed by atoms with Crippen molar-refractivity contribution in [3.8, 4) is 11.1 Å². The molecule has 0 bridgehead atoms. The lowest BCUT2D eigenvalue weighted by Crippen LogP contribution is -2.35. The van der Waals surface area contributed by atoms with Crippen LogP contribution in [0.1, 0.15) is 17.2 Å². The summed E-state index contributed by atoms with van der Waals surface area (Å²) >= 11 is 0. The van der Waals surface area contributed by atoms with Gasteiger partial charge in [0.15, 0.2) is 0 Å². The van der Waals surface area contributed by atoms with Gasteiger partial charge in [-0.25, -0.2) is 4.79 Å². The second-order valence-corrected chi connectivity index (χ2v) is 6.41. The molecule has 0 aromatic heterocycles. The van der Waals surface area contributed by atoms with E-state index in [9.17, 15) is 15.0 Å². The number of ether oxygens (including phenoxy) is 1. The molecular formula is C23H23NO4. The summed E-state index contributed by atoms with van der Waals surface area (Å²) in [6.45, 7) is 0.0140. The number of nitrogens with one attached hydrogen (secondary N) is 1. The molecule has 0 aliphatic heterocycles. The van der Waals surface area contributed by atoms with Crippen molar-refractivity contribution in [2.45, 2.75) is 18.8 Å². The van der Waals surface area contributed by atoms with Crippen LogP contribution in [0, 0.1) is 0 Å². The Morgan fingerprint density at radius 3 is 2.18 bits per heavy atom. The van der Waals surface area contributed by atoms with Crippen LogP contribution in [0.15, 0.2) is 84.9 Å². The van der Waals surface area contributed by atoms with E-state index in [4.69, 9.17) is 4.74 Å². The second-order valence-electron chi connectivity index (χ2n) is 6.41. The van der Waals surface area contributed by atoms with E-state index >= 15 is 0 Å². The maximum Gasteiger partial charge on any atom is 0.407 e. The van der Waals surface area contributed by atoms with Crippen LogP contribution in [0.4, 0.5) is 4.79 Å². The molecule has 5 nitrogen and oxygen atoms in total. The van der Waals surface area contributed by atoms with Crippen molar-refractivity contribution in [1.29, 1.82) is 0 Å². The lowest BCUT2D eigenvalue weighted by Gasteiger charge is -2.21. The SMILES string of the molecule is O=C(NCC(O)C(O)c1ccccc1-c1ccccc1)OCc1ccccc1. The van der Waals surface area contributed by atoms with Crippen LogP contribution in [0.3, 0.4) is 0 Å². The molecule has 3 N–H and O–H groups in total. The number of alkyl carbamates (subject to hydrolysis) is 1. The molecule has 0 radical (unpaired) electrons. The van der Waals surface area contributed by atoms with E-state index in [2.05, 4.69) is 5.32 Å². The monoisotopic (exact) mass is 377 g/mol. The van der Waals surface area contributed by atoms with Crippen LogP contribution >= 0.6 is 0 Å². The highest BCUT2D eigenvalue weighted by Crippen LogP contribution is 2.29. The fraction of sp³-hybridized carbons (Fsp3) is 0.174. The summed E-state index contributed by atoms with van der Waals surface area (Å²) < 4.78 is 5.11. The summed E-state index contributed by atoms with van der Waals surface area (Å²) in [6, 6.07) is 26.3. The first-order chi connectivity index (χ1) is 13.6. The van der Waals surface area contributed by atoms with Crippen LogP contribution in [0.5, 0.6) is 0 Å². The van der Waals surface area contributed by atoms with Gasteiger partial charge in [-0.3, -0.25) is 0 Å². The van der Waals surface area contributed by atoms with Gasteiger partial charge in [-0.1, -0.05) is 84.9 Å². The normalized spacial score (nSPS) is 12.8. The first-order valence-corrected chi connectivity index (χ1v) is 9.10. The van der Waals surface area contributed by atoms with Gasteiger partial charge in [-0.15, -0.1) is 0 Å². The third-order valence-electron chi connectivity index (χ3n) is 4.40. The zero-order valence-electron chi connectivity index (χ0n) is 15.4. The molecule has 0 aliphatic carbocycles. The van der Waals surface area contributed by atoms with Crippen LogP contribution < -0.4 is 5.32 Å². The molecule has 0 aliphatic rings. The molecular weight excluding hydrogens is 354 g/mol. The highest BCUT2D eigenvalue weighted by molar-refractivity contribution is 5.68. The summed E-state index contributed by atoms with van der Waals surface area (Å²) in [5.74, 6) is 0. The van der Waals surface area contributed by atoms with Crippen molar-refractivity contribution in [3.63, 3.8) is 0 Å². The molecule has 0 heterocycles. The zero-order valence-corrected chi connectivity index (χ0v) is 15.4. The largest absolute Gasteiger partial charge is 0.445 e. The summed E-state index contributed by atoms with van der Waals surface area (Å²) in [5.41, 5.74) is 3.25. The Bertz CT molecular complexity index is 883. The maximum atomic E-state index is 11.8. The van der Waals surface area contributed by atoms with Gasteiger partial charge < -0.3 is 20.3 Å². The third kappa shape index (κ3) is 5.19. The van der Waals surface area contributed by atoms with Crippen LogP contribution in [-0.4, -0.2) is 29.0 Å². The lowest BCUT2D eigenvalue weighted by molar-refractivity contribution is 0.0187. The zero-order chi connectivity index (χ0) is 19.8. The standard InChI is InChI=1S/C23H23NO4/c25-21(15-24-23(27)28-16-17-9-3-1-4-10-17)22(26)20-14-8-7-13-19(20)18-11-5-2-6-12-18/h1-14,21-22,25-26H,15-16H2,(H,24,27). The van der Waals surface area contributed by atoms with E-state index in [0.717, 1.165) is 16.7 Å². The molecule has 2 unspecified atom stereocenters. The summed E-state index contributed by atoms with van der Waals surface area (Å²) in [4.78, 5) is 11.8. The smallest absolute Gasteiger partial charge is 0.407 e. The number of carbonyl (C=O) groups excluding carboxylic acids is 1. The molecule has 3 aromatic carbocycles. The van der Waals surface area contributed by atoms with E-state index < -0.39 is 18.3 Å². The van der Waals surface area contributed by atoms with E-state index in [0.29, 0.717) is 5.56 Å². The number of benzene rings is 3. The number of aliphatic hydroxyl groups excluding tert-OH is 2. The van der Waals surface area contributed by atoms with Crippen LogP contribution in [0.25, 0.3) is 11.1 Å². The number of hydrogen-bond acceptors (Lipinski definition) is 4. The molecule has 0 saturated heterocycles. The van der Waals surface area contributed by atoms with Crippen LogP contribution in [-0.2, 0) is 11.3 Å². The second kappa shape index (κ2) is 9.69. The molecule has 5 heteroatoms. The van der Waals surface area contributed by atoms with E-state index in [1.165, 1.54) is 0 Å². The quantitative estimate of drug-likeness (QED) is 0.587. The van der Waals surface area contributed by atoms with E-state index in [1.54, 1.807) is 12.1 Å². The van der Waals surface area contributed by atoms with Gasteiger partial charge in [-0.05, 0) is 22.3 Å². The fourth-order valence-electron chi connectivity index (χ4n) is 2.92. The number of rotatable bonds is 7. The molecule has 144 valence electrons. The summed E-state index contributed by atoms with van der Waals surface area (Å²) in [6.07, 6.45) is -2.97. The average Bonchev–Trinajstić information content (AvgIpc) is 2.77. The summed E-state index contributed by atoms with van der Waals surface area (Å²) in [5, 5.41) is 23.5. The Balaban J connectivity index is 1.58. The minimum absolute atomic E-state index is 0.127. The number of carbonyl (C=O) groups is 1. The predicted octanol–water partition coefficient (Wildman–Crippen LogP) is 3.67. The topological polar surface area (TPSA) is 78.8 Å². The van der Waals surface area contributed by atoms with Gasteiger partial charge in [0, 0.05) is 6.54 Å². The Morgan fingerprint density at radius 1 is 0.857 bits per heavy atom. The fourth-order valence-corrected chi connectivity index (χ4v) is 2.92. The molecule has 3 aromatic rings. The van der Waals surface area contributed by atoms with Crippen LogP contribution in [0.2, 0.25) is 0 Å². The highest BCUT2D eigenvalue weighted by atomic mass is 16.5. The summed E-state index contributed by atoms with van der Waals surface area (Å²) in [7, 11) is 0. The molecule has 0 spiro atoms. The number of amides is 1. The Hall–Kier alpha value is -3.15. The Labute approximate surface area is 164 Å². The van der Waals surface area contributed by atoms with Gasteiger partial charge in [0.05, 0.1) is 0 Å². The van der Waals surface area contributed by atoms with Crippen molar-refractivity contribution in [3.05, 3.63) is 96.1 Å². The lowest BCUT2D eigenvalue weighted by atomic mass is 9.94. The molecule has 1 amide bonds. The number of aliphatic hydroxyl groups is 2. The van der Waals surface area contributed by atoms with Crippen molar-refractivity contribution >= 4 is 6.09 Å². The molecule has 0 saturated carbocycles. The first kappa shape index (κ1) is 19.6. The van der Waals surface area contributed by atoms with E-state index in [-0.39, 0.29) is 13.2 Å². The maximum absolute atomic E-state index is 11.8. The minimum Gasteiger partial charge on any atom is -0.445 e. The highest BCUT2D eigenvalue weighted by Gasteiger charge is 2.22. The first-order valence-electron chi connectivity index (χ1n) is 9.10. The van der Waals surface area contributed by atoms with Gasteiger partial charge >= 0.3 is 6.09 Å². The van der Waals surface area contributed by atoms with E-state index in [1.807, 2.05) is 72.8 Å². The van der Waals surface area contributed by atoms with Gasteiger partial charge in [0.2, 0.25) is 0 Å². The van der Waals surface area contributed by atoms with Gasteiger partial charge in [-0.2, -0.15) is 0 Å². The Kier molecular flexibility index (Phi) is 6.78. The predicted molar refractivity (Wildman–Crippen MR) is 107 cm³/mol. The molecule has 28 heavy (non-hydrogen) atoms. The molecule has 3 rings (SSSR count). The third-order valence-corrected chi connectivity index (χ3v) is 4.40. The number of hydrogen-bond donors (Lipinski definition) is 3. The van der Waals surface area contributed by atoms with Crippen molar-refractivity contribution < 1.29 is 19.7 Å². The van der Waals surface area contributed by atoms with Gasteiger partial charge in [0.1, 0.15) is 18.8 Å². The molecule has 2 atom stereocenters. The van der Waals surface area contributed by atoms with Crippen molar-refractivity contribution in [2.75, 3.05) is 6.54 Å². The van der Waals surface area contributed by atoms with Gasteiger partial charge in [0.25, 0.3) is 0 Å². The average molecular weight is 377 g/mol. The van der Waals surface area contributed by atoms with Crippen molar-refractivity contribution in [1.82, 2.24) is 5.32 Å². The molecule has 0 fully saturated rings. The minimum atomic E-state index is -1.17. The van der Waals surface area contributed by atoms with Crippen molar-refractivity contribution in [2.24, 2.45) is 0 Å². The Morgan fingerprint density at radius 2 is 1.46 bits per heavy atom.